The number of thiophene rings is 1. The van der Waals surface area contributed by atoms with Gasteiger partial charge in [-0.2, -0.15) is 0 Å². The third-order valence-corrected chi connectivity index (χ3v) is 6.33. The number of carbonyl (C=O) groups excluding carboxylic acids is 2. The number of hydrogen-bond donors (Lipinski definition) is 2. The minimum Gasteiger partial charge on any atom is -0.481 e. The minimum atomic E-state index is -0.919. The van der Waals surface area contributed by atoms with Gasteiger partial charge in [-0.3, -0.25) is 9.59 Å². The Labute approximate surface area is 156 Å². The standard InChI is InChI=1S/C19H25NO5S/c1-10(2)25-19(24)15-13-8-5-9-14(13)26-17(15)20-16(21)11-6-3-4-7-12(11)18(22)23/h10-12H,3-9H2,1-2H3,(H,20,21)(H,22,23)/t11-,12+/m1/s1. The van der Waals surface area contributed by atoms with Crippen molar-refractivity contribution in [1.82, 2.24) is 0 Å². The lowest BCUT2D eigenvalue weighted by molar-refractivity contribution is -0.147. The van der Waals surface area contributed by atoms with Crippen LogP contribution in [0.4, 0.5) is 5.00 Å². The highest BCUT2D eigenvalue weighted by Crippen LogP contribution is 2.40. The van der Waals surface area contributed by atoms with E-state index in [9.17, 15) is 19.5 Å². The third kappa shape index (κ3) is 3.77. The van der Waals surface area contributed by atoms with Gasteiger partial charge in [0.15, 0.2) is 0 Å². The quantitative estimate of drug-likeness (QED) is 0.762. The van der Waals surface area contributed by atoms with Crippen LogP contribution in [0.25, 0.3) is 0 Å². The van der Waals surface area contributed by atoms with Gasteiger partial charge in [-0.05, 0) is 51.5 Å². The Morgan fingerprint density at radius 1 is 1.12 bits per heavy atom. The van der Waals surface area contributed by atoms with Gasteiger partial charge in [0.25, 0.3) is 0 Å². The molecule has 1 heterocycles. The van der Waals surface area contributed by atoms with Crippen LogP contribution in [0.5, 0.6) is 0 Å². The van der Waals surface area contributed by atoms with E-state index in [2.05, 4.69) is 5.32 Å². The van der Waals surface area contributed by atoms with Crippen LogP contribution < -0.4 is 5.32 Å². The molecule has 1 aromatic rings. The molecular weight excluding hydrogens is 354 g/mol. The Hall–Kier alpha value is -1.89. The molecule has 6 nitrogen and oxygen atoms in total. The van der Waals surface area contributed by atoms with E-state index in [1.807, 2.05) is 0 Å². The largest absolute Gasteiger partial charge is 0.481 e. The van der Waals surface area contributed by atoms with Gasteiger partial charge >= 0.3 is 11.9 Å². The van der Waals surface area contributed by atoms with Crippen LogP contribution >= 0.6 is 11.3 Å². The number of carboxylic acid groups (broad SMARTS) is 1. The molecule has 0 aromatic carbocycles. The van der Waals surface area contributed by atoms with Crippen LogP contribution in [0.1, 0.15) is 66.8 Å². The van der Waals surface area contributed by atoms with Crippen LogP contribution in [-0.2, 0) is 27.2 Å². The average Bonchev–Trinajstić information content (AvgIpc) is 3.14. The number of nitrogens with one attached hydrogen (secondary N) is 1. The number of aryl methyl sites for hydroxylation is 1. The smallest absolute Gasteiger partial charge is 0.341 e. The van der Waals surface area contributed by atoms with E-state index < -0.39 is 23.8 Å². The number of rotatable bonds is 5. The summed E-state index contributed by atoms with van der Waals surface area (Å²) in [5.74, 6) is -2.82. The fourth-order valence-corrected chi connectivity index (χ4v) is 5.21. The van der Waals surface area contributed by atoms with Crippen molar-refractivity contribution in [1.29, 1.82) is 0 Å². The van der Waals surface area contributed by atoms with Crippen molar-refractivity contribution in [3.63, 3.8) is 0 Å². The molecule has 7 heteroatoms. The van der Waals surface area contributed by atoms with E-state index in [-0.39, 0.29) is 12.0 Å². The minimum absolute atomic E-state index is 0.238. The number of carbonyl (C=O) groups is 3. The van der Waals surface area contributed by atoms with Crippen molar-refractivity contribution < 1.29 is 24.2 Å². The summed E-state index contributed by atoms with van der Waals surface area (Å²) in [5.41, 5.74) is 1.45. The first-order chi connectivity index (χ1) is 12.4. The number of amides is 1. The predicted octanol–water partition coefficient (Wildman–Crippen LogP) is 3.63. The number of esters is 1. The lowest BCUT2D eigenvalue weighted by Crippen LogP contribution is -2.36. The topological polar surface area (TPSA) is 92.7 Å². The van der Waals surface area contributed by atoms with Gasteiger partial charge < -0.3 is 15.2 Å². The Kier molecular flexibility index (Phi) is 5.65. The molecule has 0 spiro atoms. The lowest BCUT2D eigenvalue weighted by atomic mass is 9.79. The molecule has 3 rings (SSSR count). The molecule has 2 aliphatic carbocycles. The molecule has 2 N–H and O–H groups in total. The van der Waals surface area contributed by atoms with Crippen LogP contribution in [-0.4, -0.2) is 29.1 Å². The van der Waals surface area contributed by atoms with Crippen molar-refractivity contribution in [2.45, 2.75) is 64.9 Å². The van der Waals surface area contributed by atoms with Crippen molar-refractivity contribution >= 4 is 34.2 Å². The predicted molar refractivity (Wildman–Crippen MR) is 98.6 cm³/mol. The van der Waals surface area contributed by atoms with Gasteiger partial charge in [0.05, 0.1) is 23.5 Å². The van der Waals surface area contributed by atoms with E-state index in [4.69, 9.17) is 4.74 Å². The second-order valence-electron chi connectivity index (χ2n) is 7.34. The first-order valence-corrected chi connectivity index (χ1v) is 10.1. The summed E-state index contributed by atoms with van der Waals surface area (Å²) in [6, 6.07) is 0. The summed E-state index contributed by atoms with van der Waals surface area (Å²) >= 11 is 1.43. The maximum absolute atomic E-state index is 12.8. The summed E-state index contributed by atoms with van der Waals surface area (Å²) < 4.78 is 5.37. The molecule has 26 heavy (non-hydrogen) atoms. The van der Waals surface area contributed by atoms with E-state index in [1.54, 1.807) is 13.8 Å². The van der Waals surface area contributed by atoms with Gasteiger partial charge in [0.1, 0.15) is 5.00 Å². The molecule has 2 atom stereocenters. The molecule has 1 fully saturated rings. The normalized spacial score (nSPS) is 22.1. The van der Waals surface area contributed by atoms with Gasteiger partial charge in [-0.15, -0.1) is 11.3 Å². The highest BCUT2D eigenvalue weighted by molar-refractivity contribution is 7.17. The molecule has 2 aliphatic rings. The molecule has 1 saturated carbocycles. The highest BCUT2D eigenvalue weighted by atomic mass is 32.1. The Morgan fingerprint density at radius 2 is 1.81 bits per heavy atom. The average molecular weight is 379 g/mol. The zero-order valence-electron chi connectivity index (χ0n) is 15.2. The summed E-state index contributed by atoms with van der Waals surface area (Å²) in [6.07, 6.45) is 5.25. The summed E-state index contributed by atoms with van der Waals surface area (Å²) in [4.78, 5) is 38.0. The Morgan fingerprint density at radius 3 is 2.46 bits per heavy atom. The Bertz CT molecular complexity index is 724. The number of aliphatic carboxylic acids is 1. The van der Waals surface area contributed by atoms with Crippen LogP contribution in [0.15, 0.2) is 0 Å². The second-order valence-corrected chi connectivity index (χ2v) is 8.45. The molecule has 0 saturated heterocycles. The maximum atomic E-state index is 12.8. The molecule has 0 unspecified atom stereocenters. The first-order valence-electron chi connectivity index (χ1n) is 9.27. The highest BCUT2D eigenvalue weighted by Gasteiger charge is 2.37. The SMILES string of the molecule is CC(C)OC(=O)c1c(NC(=O)[C@@H]2CCCC[C@@H]2C(=O)O)sc2c1CCC2. The van der Waals surface area contributed by atoms with Crippen molar-refractivity contribution in [3.05, 3.63) is 16.0 Å². The molecule has 0 radical (unpaired) electrons. The van der Waals surface area contributed by atoms with Gasteiger partial charge in [-0.25, -0.2) is 4.79 Å². The molecule has 0 aliphatic heterocycles. The lowest BCUT2D eigenvalue weighted by Gasteiger charge is -2.27. The van der Waals surface area contributed by atoms with Crippen LogP contribution in [0.3, 0.4) is 0 Å². The summed E-state index contributed by atoms with van der Waals surface area (Å²) in [7, 11) is 0. The Balaban J connectivity index is 1.84. The maximum Gasteiger partial charge on any atom is 0.341 e. The molecular formula is C19H25NO5S. The van der Waals surface area contributed by atoms with Crippen molar-refractivity contribution in [2.75, 3.05) is 5.32 Å². The van der Waals surface area contributed by atoms with Gasteiger partial charge in [0.2, 0.25) is 5.91 Å². The number of hydrogen-bond acceptors (Lipinski definition) is 5. The van der Waals surface area contributed by atoms with Crippen molar-refractivity contribution in [2.24, 2.45) is 11.8 Å². The first kappa shape index (κ1) is 18.9. The van der Waals surface area contributed by atoms with Gasteiger partial charge in [0, 0.05) is 4.88 Å². The molecule has 142 valence electrons. The van der Waals surface area contributed by atoms with E-state index in [1.165, 1.54) is 11.3 Å². The monoisotopic (exact) mass is 379 g/mol. The second kappa shape index (κ2) is 7.78. The fraction of sp³-hybridized carbons (Fsp3) is 0.632. The molecule has 0 bridgehead atoms. The summed E-state index contributed by atoms with van der Waals surface area (Å²) in [5, 5.41) is 12.8. The zero-order valence-corrected chi connectivity index (χ0v) is 16.0. The van der Waals surface area contributed by atoms with E-state index in [0.29, 0.717) is 23.4 Å². The molecule has 1 aromatic heterocycles. The van der Waals surface area contributed by atoms with Crippen LogP contribution in [0.2, 0.25) is 0 Å². The number of ether oxygens (including phenoxy) is 1. The van der Waals surface area contributed by atoms with Crippen LogP contribution in [0, 0.1) is 11.8 Å². The van der Waals surface area contributed by atoms with E-state index in [0.717, 1.165) is 42.5 Å². The van der Waals surface area contributed by atoms with Gasteiger partial charge in [-0.1, -0.05) is 12.8 Å². The summed E-state index contributed by atoms with van der Waals surface area (Å²) in [6.45, 7) is 3.59. The number of anilines is 1. The van der Waals surface area contributed by atoms with Crippen molar-refractivity contribution in [3.8, 4) is 0 Å². The molecule has 1 amide bonds. The number of fused-ring (bicyclic) bond motifs is 1. The number of carboxylic acids is 1. The van der Waals surface area contributed by atoms with E-state index >= 15 is 0 Å². The zero-order chi connectivity index (χ0) is 18.8. The third-order valence-electron chi connectivity index (χ3n) is 5.12. The fourth-order valence-electron chi connectivity index (χ4n) is 3.93.